The number of aryl methyl sites for hydroxylation is 2. The maximum absolute atomic E-state index is 9.56. The van der Waals surface area contributed by atoms with Gasteiger partial charge in [-0.2, -0.15) is 0 Å². The lowest BCUT2D eigenvalue weighted by molar-refractivity contribution is 0.208. The number of nitrogens with zero attached hydrogens (tertiary/aromatic N) is 5. The van der Waals surface area contributed by atoms with Gasteiger partial charge in [-0.3, -0.25) is 0 Å². The summed E-state index contributed by atoms with van der Waals surface area (Å²) < 4.78 is 0. The van der Waals surface area contributed by atoms with Gasteiger partial charge in [-0.05, 0) is 39.3 Å². The highest BCUT2D eigenvalue weighted by Gasteiger charge is 2.12. The highest BCUT2D eigenvalue weighted by molar-refractivity contribution is 7.19. The van der Waals surface area contributed by atoms with Crippen LogP contribution in [-0.4, -0.2) is 45.5 Å². The molecule has 0 spiro atoms. The lowest BCUT2D eigenvalue weighted by Crippen LogP contribution is -2.18. The summed E-state index contributed by atoms with van der Waals surface area (Å²) in [6.45, 7) is 14.7. The van der Waals surface area contributed by atoms with Crippen molar-refractivity contribution in [2.75, 3.05) is 23.7 Å². The number of aliphatic hydroxyl groups is 2. The average Bonchev–Trinajstić information content (AvgIpc) is 2.96. The van der Waals surface area contributed by atoms with Crippen molar-refractivity contribution < 1.29 is 10.2 Å². The van der Waals surface area contributed by atoms with E-state index in [1.54, 1.807) is 20.8 Å². The highest BCUT2D eigenvalue weighted by atomic mass is 32.1. The lowest BCUT2D eigenvalue weighted by atomic mass is 10.2. The molecule has 27 heavy (non-hydrogen) atoms. The molecule has 0 fully saturated rings. The molecule has 10 heteroatoms. The van der Waals surface area contributed by atoms with Gasteiger partial charge in [0.25, 0.3) is 5.00 Å². The fourth-order valence-electron chi connectivity index (χ4n) is 2.12. The Balaban J connectivity index is 2.33. The van der Waals surface area contributed by atoms with Gasteiger partial charge in [-0.25, -0.2) is 14.8 Å². The second-order valence-corrected chi connectivity index (χ2v) is 7.14. The van der Waals surface area contributed by atoms with Gasteiger partial charge >= 0.3 is 0 Å². The number of hydrogen-bond acceptors (Lipinski definition) is 9. The van der Waals surface area contributed by atoms with Crippen LogP contribution >= 0.6 is 11.3 Å². The normalized spacial score (nSPS) is 13.4. The Morgan fingerprint density at radius 1 is 1.15 bits per heavy atom. The van der Waals surface area contributed by atoms with E-state index in [1.807, 2.05) is 13.0 Å². The van der Waals surface area contributed by atoms with Gasteiger partial charge in [0.05, 0.1) is 24.5 Å². The van der Waals surface area contributed by atoms with Gasteiger partial charge < -0.3 is 20.8 Å². The number of aromatic nitrogens is 2. The largest absolute Gasteiger partial charge is 0.392 e. The van der Waals surface area contributed by atoms with Crippen LogP contribution in [0.2, 0.25) is 0 Å². The summed E-state index contributed by atoms with van der Waals surface area (Å²) in [6.07, 6.45) is -1.07. The Labute approximate surface area is 162 Å². The molecule has 4 N–H and O–H groups in total. The Bertz CT molecular complexity index is 856. The molecule has 0 saturated carbocycles. The number of azo groups is 1. The number of nitrogens with one attached hydrogen (secondary N) is 2. The van der Waals surface area contributed by atoms with Crippen LogP contribution in [0.5, 0.6) is 0 Å². The third-order valence-electron chi connectivity index (χ3n) is 3.42. The molecule has 0 aliphatic carbocycles. The number of pyridine rings is 1. The zero-order valence-corrected chi connectivity index (χ0v) is 16.5. The monoisotopic (exact) mass is 389 g/mol. The Morgan fingerprint density at radius 2 is 1.81 bits per heavy atom. The quantitative estimate of drug-likeness (QED) is 0.404. The smallest absolute Gasteiger partial charge is 0.265 e. The molecule has 0 aliphatic heterocycles. The predicted octanol–water partition coefficient (Wildman–Crippen LogP) is 3.71. The maximum Gasteiger partial charge on any atom is 0.265 e. The van der Waals surface area contributed by atoms with Crippen molar-refractivity contribution in [3.05, 3.63) is 28.7 Å². The molecule has 2 atom stereocenters. The van der Waals surface area contributed by atoms with Gasteiger partial charge in [0, 0.05) is 13.1 Å². The molecule has 0 amide bonds. The van der Waals surface area contributed by atoms with E-state index in [9.17, 15) is 10.2 Å². The van der Waals surface area contributed by atoms with Gasteiger partial charge in [-0.1, -0.05) is 0 Å². The molecule has 0 radical (unpaired) electrons. The van der Waals surface area contributed by atoms with E-state index in [0.29, 0.717) is 46.2 Å². The second-order valence-electron chi connectivity index (χ2n) is 6.18. The van der Waals surface area contributed by atoms with Crippen molar-refractivity contribution in [3.8, 4) is 0 Å². The van der Waals surface area contributed by atoms with Crippen LogP contribution in [0.4, 0.5) is 27.5 Å². The van der Waals surface area contributed by atoms with Crippen LogP contribution in [0.3, 0.4) is 0 Å². The Morgan fingerprint density at radius 3 is 2.41 bits per heavy atom. The molecule has 2 aromatic rings. The molecule has 0 aliphatic rings. The van der Waals surface area contributed by atoms with Crippen LogP contribution in [0, 0.1) is 20.4 Å². The predicted molar refractivity (Wildman–Crippen MR) is 107 cm³/mol. The van der Waals surface area contributed by atoms with E-state index < -0.39 is 12.2 Å². The number of aliphatic hydroxyl groups excluding tert-OH is 2. The second kappa shape index (κ2) is 9.36. The molecule has 144 valence electrons. The number of rotatable bonds is 8. The summed E-state index contributed by atoms with van der Waals surface area (Å²) in [6, 6.07) is 1.81. The fourth-order valence-corrected chi connectivity index (χ4v) is 2.79. The van der Waals surface area contributed by atoms with E-state index in [2.05, 4.69) is 35.7 Å². The van der Waals surface area contributed by atoms with Crippen molar-refractivity contribution in [2.24, 2.45) is 10.2 Å². The third-order valence-corrected chi connectivity index (χ3v) is 4.36. The van der Waals surface area contributed by atoms with E-state index in [0.717, 1.165) is 5.56 Å². The Kier molecular flexibility index (Phi) is 7.18. The van der Waals surface area contributed by atoms with E-state index >= 15 is 0 Å². The number of anilines is 2. The highest BCUT2D eigenvalue weighted by Crippen LogP contribution is 2.35. The van der Waals surface area contributed by atoms with E-state index in [4.69, 9.17) is 6.57 Å². The molecule has 0 saturated heterocycles. The molecule has 2 unspecified atom stereocenters. The van der Waals surface area contributed by atoms with Crippen LogP contribution in [-0.2, 0) is 0 Å². The van der Waals surface area contributed by atoms with Crippen molar-refractivity contribution >= 4 is 38.8 Å². The minimum atomic E-state index is -0.561. The average molecular weight is 389 g/mol. The lowest BCUT2D eigenvalue weighted by Gasteiger charge is -2.15. The van der Waals surface area contributed by atoms with Crippen molar-refractivity contribution in [2.45, 2.75) is 39.9 Å². The number of hydrogen-bond donors (Lipinski definition) is 4. The Hall–Kier alpha value is -2.61. The van der Waals surface area contributed by atoms with Crippen molar-refractivity contribution in [1.29, 1.82) is 0 Å². The molecule has 0 aromatic carbocycles. The summed E-state index contributed by atoms with van der Waals surface area (Å²) in [4.78, 5) is 12.1. The van der Waals surface area contributed by atoms with Crippen LogP contribution in [0.1, 0.15) is 25.1 Å². The topological polar surface area (TPSA) is 119 Å². The first-order chi connectivity index (χ1) is 12.8. The standard InChI is InChI=1S/C17H23N7O2S/c1-9-6-13(19-7-10(2)25)22-15(20-8-11(3)26)14(9)23-24-17-21-12(4)16(18-5)27-17/h6,10-11,25-26H,7-8H2,1-4H3,(H2,19,20,22). The van der Waals surface area contributed by atoms with E-state index in [-0.39, 0.29) is 0 Å². The summed E-state index contributed by atoms with van der Waals surface area (Å²) in [7, 11) is 0. The SMILES string of the molecule is [C-]#[N+]c1sc(N=Nc2c(C)cc(NCC(C)O)nc2NCC(C)O)nc1C. The first-order valence-corrected chi connectivity index (χ1v) is 9.24. The first kappa shape index (κ1) is 20.7. The van der Waals surface area contributed by atoms with Gasteiger partial charge in [-0.15, -0.1) is 21.6 Å². The van der Waals surface area contributed by atoms with E-state index in [1.165, 1.54) is 11.3 Å². The molecule has 0 bridgehead atoms. The zero-order chi connectivity index (χ0) is 20.0. The van der Waals surface area contributed by atoms with Crippen molar-refractivity contribution in [1.82, 2.24) is 9.97 Å². The third kappa shape index (κ3) is 5.96. The summed E-state index contributed by atoms with van der Waals surface area (Å²) in [5.74, 6) is 1.05. The molecule has 2 rings (SSSR count). The summed E-state index contributed by atoms with van der Waals surface area (Å²) >= 11 is 1.18. The summed E-state index contributed by atoms with van der Waals surface area (Å²) in [5, 5.41) is 34.4. The van der Waals surface area contributed by atoms with Crippen LogP contribution in [0.25, 0.3) is 4.85 Å². The minimum Gasteiger partial charge on any atom is -0.392 e. The molecular weight excluding hydrogens is 366 g/mol. The van der Waals surface area contributed by atoms with Gasteiger partial charge in [0.2, 0.25) is 5.13 Å². The maximum atomic E-state index is 9.56. The van der Waals surface area contributed by atoms with Crippen LogP contribution < -0.4 is 10.6 Å². The summed E-state index contributed by atoms with van der Waals surface area (Å²) in [5.41, 5.74) is 1.97. The number of thiazole rings is 1. The first-order valence-electron chi connectivity index (χ1n) is 8.42. The molecule has 2 aromatic heterocycles. The molecule has 9 nitrogen and oxygen atoms in total. The van der Waals surface area contributed by atoms with Gasteiger partial charge in [0.1, 0.15) is 11.5 Å². The molecular formula is C17H23N7O2S. The minimum absolute atomic E-state index is 0.299. The van der Waals surface area contributed by atoms with Gasteiger partial charge in [0.15, 0.2) is 5.82 Å². The molecule has 2 heterocycles. The van der Waals surface area contributed by atoms with Crippen LogP contribution in [0.15, 0.2) is 16.3 Å². The van der Waals surface area contributed by atoms with Crippen molar-refractivity contribution in [3.63, 3.8) is 0 Å². The zero-order valence-electron chi connectivity index (χ0n) is 15.7. The fraction of sp³-hybridized carbons (Fsp3) is 0.471.